The first-order valence-electron chi connectivity index (χ1n) is 7.97. The number of ether oxygens (including phenoxy) is 1. The molecule has 7 heteroatoms. The number of phenolic OH excluding ortho intramolecular Hbond substituents is 1. The van der Waals surface area contributed by atoms with Crippen molar-refractivity contribution >= 4 is 11.6 Å². The summed E-state index contributed by atoms with van der Waals surface area (Å²) in [7, 11) is 0. The topological polar surface area (TPSA) is 92.9 Å². The summed E-state index contributed by atoms with van der Waals surface area (Å²) in [5.41, 5.74) is 0.483. The van der Waals surface area contributed by atoms with Gasteiger partial charge in [-0.3, -0.25) is 14.9 Å². The van der Waals surface area contributed by atoms with Crippen LogP contribution in [0.5, 0.6) is 5.75 Å². The molecule has 3 rings (SSSR count). The molecule has 1 fully saturated rings. The van der Waals surface area contributed by atoms with E-state index in [4.69, 9.17) is 4.74 Å². The average Bonchev–Trinajstić information content (AvgIpc) is 2.64. The molecule has 1 saturated heterocycles. The van der Waals surface area contributed by atoms with Crippen LogP contribution in [0, 0.1) is 10.1 Å². The number of rotatable bonds is 4. The highest BCUT2D eigenvalue weighted by atomic mass is 16.6. The van der Waals surface area contributed by atoms with Crippen LogP contribution >= 0.6 is 0 Å². The standard InChI is InChI=1S/C18H18N2O5/c21-16-8-4-2-6-14(16)17(18(22)19-9-11-25-12-10-19)13-5-1-3-7-15(13)20(23)24/h1-8,17,21H,9-12H2. The van der Waals surface area contributed by atoms with E-state index in [1.165, 1.54) is 12.1 Å². The lowest BCUT2D eigenvalue weighted by Crippen LogP contribution is -2.43. The summed E-state index contributed by atoms with van der Waals surface area (Å²) in [5.74, 6) is -1.28. The molecule has 0 radical (unpaired) electrons. The summed E-state index contributed by atoms with van der Waals surface area (Å²) in [5, 5.41) is 21.7. The average molecular weight is 342 g/mol. The molecule has 130 valence electrons. The fourth-order valence-corrected chi connectivity index (χ4v) is 3.03. The summed E-state index contributed by atoms with van der Waals surface area (Å²) < 4.78 is 5.28. The molecule has 1 unspecified atom stereocenters. The lowest BCUT2D eigenvalue weighted by molar-refractivity contribution is -0.385. The van der Waals surface area contributed by atoms with Gasteiger partial charge in [-0.2, -0.15) is 0 Å². The number of phenols is 1. The summed E-state index contributed by atoms with van der Waals surface area (Å²) in [6.07, 6.45) is 0. The van der Waals surface area contributed by atoms with Crippen molar-refractivity contribution in [2.24, 2.45) is 0 Å². The van der Waals surface area contributed by atoms with Crippen LogP contribution in [0.2, 0.25) is 0 Å². The Bertz CT molecular complexity index is 787. The van der Waals surface area contributed by atoms with E-state index in [1.54, 1.807) is 41.3 Å². The second-order valence-corrected chi connectivity index (χ2v) is 5.75. The van der Waals surface area contributed by atoms with Gasteiger partial charge in [-0.25, -0.2) is 0 Å². The lowest BCUT2D eigenvalue weighted by atomic mass is 9.88. The number of hydrogen-bond donors (Lipinski definition) is 1. The SMILES string of the molecule is O=C(C(c1ccccc1O)c1ccccc1[N+](=O)[O-])N1CCOCC1. The molecular formula is C18H18N2O5. The second kappa shape index (κ2) is 7.31. The summed E-state index contributed by atoms with van der Waals surface area (Å²) in [4.78, 5) is 25.7. The number of nitrogens with zero attached hydrogens (tertiary/aromatic N) is 2. The van der Waals surface area contributed by atoms with E-state index in [0.29, 0.717) is 31.9 Å². The van der Waals surface area contributed by atoms with Gasteiger partial charge in [0.1, 0.15) is 5.75 Å². The van der Waals surface area contributed by atoms with Crippen molar-refractivity contribution in [1.82, 2.24) is 4.90 Å². The largest absolute Gasteiger partial charge is 0.508 e. The first kappa shape index (κ1) is 16.9. The van der Waals surface area contributed by atoms with Crippen molar-refractivity contribution in [1.29, 1.82) is 0 Å². The first-order chi connectivity index (χ1) is 12.1. The molecule has 0 spiro atoms. The second-order valence-electron chi connectivity index (χ2n) is 5.75. The number of carbonyl (C=O) groups is 1. The Morgan fingerprint density at radius 3 is 2.32 bits per heavy atom. The van der Waals surface area contributed by atoms with Crippen molar-refractivity contribution in [3.8, 4) is 5.75 Å². The van der Waals surface area contributed by atoms with Crippen LogP contribution in [-0.2, 0) is 9.53 Å². The van der Waals surface area contributed by atoms with E-state index in [-0.39, 0.29) is 22.9 Å². The Morgan fingerprint density at radius 1 is 1.08 bits per heavy atom. The fourth-order valence-electron chi connectivity index (χ4n) is 3.03. The third-order valence-corrected chi connectivity index (χ3v) is 4.26. The number of nitro groups is 1. The molecule has 2 aromatic rings. The molecule has 25 heavy (non-hydrogen) atoms. The highest BCUT2D eigenvalue weighted by Crippen LogP contribution is 2.37. The van der Waals surface area contributed by atoms with Crippen LogP contribution in [0.15, 0.2) is 48.5 Å². The van der Waals surface area contributed by atoms with Gasteiger partial charge < -0.3 is 14.7 Å². The van der Waals surface area contributed by atoms with E-state index < -0.39 is 10.8 Å². The van der Waals surface area contributed by atoms with Gasteiger partial charge >= 0.3 is 0 Å². The summed E-state index contributed by atoms with van der Waals surface area (Å²) >= 11 is 0. The van der Waals surface area contributed by atoms with Crippen molar-refractivity contribution in [2.45, 2.75) is 5.92 Å². The number of morpholine rings is 1. The zero-order valence-corrected chi connectivity index (χ0v) is 13.5. The van der Waals surface area contributed by atoms with E-state index in [0.717, 1.165) is 0 Å². The van der Waals surface area contributed by atoms with Crippen molar-refractivity contribution in [3.05, 3.63) is 69.8 Å². The quantitative estimate of drug-likeness (QED) is 0.680. The Hall–Kier alpha value is -2.93. The van der Waals surface area contributed by atoms with Crippen LogP contribution in [0.1, 0.15) is 17.0 Å². The Morgan fingerprint density at radius 2 is 1.68 bits per heavy atom. The molecule has 1 heterocycles. The fraction of sp³-hybridized carbons (Fsp3) is 0.278. The van der Waals surface area contributed by atoms with E-state index in [9.17, 15) is 20.0 Å². The molecule has 1 atom stereocenters. The zero-order valence-electron chi connectivity index (χ0n) is 13.5. The van der Waals surface area contributed by atoms with Crippen LogP contribution in [-0.4, -0.2) is 47.1 Å². The van der Waals surface area contributed by atoms with Crippen molar-refractivity contribution in [2.75, 3.05) is 26.3 Å². The highest BCUT2D eigenvalue weighted by Gasteiger charge is 2.34. The van der Waals surface area contributed by atoms with Gasteiger partial charge in [-0.1, -0.05) is 36.4 Å². The van der Waals surface area contributed by atoms with Crippen molar-refractivity contribution in [3.63, 3.8) is 0 Å². The molecule has 0 aromatic heterocycles. The number of aromatic hydroxyl groups is 1. The van der Waals surface area contributed by atoms with Crippen LogP contribution in [0.4, 0.5) is 5.69 Å². The van der Waals surface area contributed by atoms with Crippen molar-refractivity contribution < 1.29 is 19.6 Å². The molecule has 2 aromatic carbocycles. The van der Waals surface area contributed by atoms with E-state index in [2.05, 4.69) is 0 Å². The van der Waals surface area contributed by atoms with Crippen LogP contribution in [0.3, 0.4) is 0 Å². The molecule has 1 aliphatic rings. The normalized spacial score (nSPS) is 15.6. The van der Waals surface area contributed by atoms with Gasteiger partial charge in [0.2, 0.25) is 5.91 Å². The van der Waals surface area contributed by atoms with Crippen LogP contribution in [0.25, 0.3) is 0 Å². The van der Waals surface area contributed by atoms with E-state index in [1.807, 2.05) is 0 Å². The molecule has 7 nitrogen and oxygen atoms in total. The van der Waals surface area contributed by atoms with Crippen LogP contribution < -0.4 is 0 Å². The predicted octanol–water partition coefficient (Wildman–Crippen LogP) is 2.29. The molecule has 1 aliphatic heterocycles. The Labute approximate surface area is 144 Å². The molecule has 0 aliphatic carbocycles. The Balaban J connectivity index is 2.11. The minimum absolute atomic E-state index is 0.0627. The Kier molecular flexibility index (Phi) is 4.95. The van der Waals surface area contributed by atoms with Gasteiger partial charge in [-0.05, 0) is 6.07 Å². The predicted molar refractivity (Wildman–Crippen MR) is 90.4 cm³/mol. The smallest absolute Gasteiger partial charge is 0.273 e. The lowest BCUT2D eigenvalue weighted by Gasteiger charge is -2.31. The molecule has 0 bridgehead atoms. The zero-order chi connectivity index (χ0) is 17.8. The molecule has 0 saturated carbocycles. The molecular weight excluding hydrogens is 324 g/mol. The monoisotopic (exact) mass is 342 g/mol. The minimum atomic E-state index is -0.944. The maximum Gasteiger partial charge on any atom is 0.273 e. The third kappa shape index (κ3) is 3.46. The maximum absolute atomic E-state index is 13.2. The molecule has 1 amide bonds. The number of amides is 1. The minimum Gasteiger partial charge on any atom is -0.508 e. The number of hydrogen-bond acceptors (Lipinski definition) is 5. The summed E-state index contributed by atoms with van der Waals surface area (Å²) in [6, 6.07) is 12.6. The number of para-hydroxylation sites is 2. The van der Waals surface area contributed by atoms with E-state index >= 15 is 0 Å². The summed E-state index contributed by atoms with van der Waals surface area (Å²) in [6.45, 7) is 1.69. The van der Waals surface area contributed by atoms with Gasteiger partial charge in [0.15, 0.2) is 0 Å². The van der Waals surface area contributed by atoms with Gasteiger partial charge in [0.25, 0.3) is 5.69 Å². The maximum atomic E-state index is 13.2. The van der Waals surface area contributed by atoms with Gasteiger partial charge in [0.05, 0.1) is 24.1 Å². The highest BCUT2D eigenvalue weighted by molar-refractivity contribution is 5.89. The third-order valence-electron chi connectivity index (χ3n) is 4.26. The van der Waals surface area contributed by atoms with Gasteiger partial charge in [-0.15, -0.1) is 0 Å². The molecule has 1 N–H and O–H groups in total. The number of nitro benzene ring substituents is 1. The number of carbonyl (C=O) groups excluding carboxylic acids is 1. The first-order valence-corrected chi connectivity index (χ1v) is 7.97. The van der Waals surface area contributed by atoms with Gasteiger partial charge in [0, 0.05) is 30.3 Å². The number of benzene rings is 2.